The lowest BCUT2D eigenvalue weighted by molar-refractivity contribution is 0.101. The summed E-state index contributed by atoms with van der Waals surface area (Å²) in [5, 5.41) is 0.138. The Kier molecular flexibility index (Phi) is 3.39. The summed E-state index contributed by atoms with van der Waals surface area (Å²) in [7, 11) is 0. The average molecular weight is 268 g/mol. The van der Waals surface area contributed by atoms with Crippen LogP contribution < -0.4 is 0 Å². The van der Waals surface area contributed by atoms with E-state index < -0.39 is 11.6 Å². The molecule has 0 atom stereocenters. The number of rotatable bonds is 2. The predicted molar refractivity (Wildman–Crippen MR) is 64.6 cm³/mol. The fourth-order valence-corrected chi connectivity index (χ4v) is 1.75. The van der Waals surface area contributed by atoms with Gasteiger partial charge in [-0.2, -0.15) is 0 Å². The van der Waals surface area contributed by atoms with E-state index in [9.17, 15) is 13.6 Å². The van der Waals surface area contributed by atoms with E-state index in [4.69, 9.17) is 11.6 Å². The molecule has 18 heavy (non-hydrogen) atoms. The van der Waals surface area contributed by atoms with E-state index in [1.165, 1.54) is 25.1 Å². The molecule has 0 saturated heterocycles. The maximum Gasteiger partial charge on any atom is 0.161 e. The van der Waals surface area contributed by atoms with Gasteiger partial charge in [0.15, 0.2) is 5.78 Å². The van der Waals surface area contributed by atoms with Crippen LogP contribution in [0.15, 0.2) is 30.3 Å². The van der Waals surface area contributed by atoms with Crippen molar-refractivity contribution in [1.29, 1.82) is 0 Å². The number of Topliss-reactive ketones (excluding diaryl/α,β-unsaturated/α-hetero) is 1. The Hall–Kier alpha value is -1.81. The van der Waals surface area contributed by atoms with Crippen LogP contribution in [0.25, 0.3) is 11.3 Å². The van der Waals surface area contributed by atoms with Crippen molar-refractivity contribution in [3.8, 4) is 11.3 Å². The third-order valence-corrected chi connectivity index (χ3v) is 2.64. The first kappa shape index (κ1) is 12.6. The smallest absolute Gasteiger partial charge is 0.161 e. The molecule has 0 spiro atoms. The van der Waals surface area contributed by atoms with Crippen molar-refractivity contribution in [2.75, 3.05) is 0 Å². The number of nitrogens with zero attached hydrogens (tertiary/aromatic N) is 1. The van der Waals surface area contributed by atoms with Gasteiger partial charge in [-0.1, -0.05) is 11.6 Å². The summed E-state index contributed by atoms with van der Waals surface area (Å²) in [6, 6.07) is 5.99. The molecule has 0 bridgehead atoms. The Morgan fingerprint density at radius 3 is 2.56 bits per heavy atom. The topological polar surface area (TPSA) is 30.0 Å². The largest absolute Gasteiger partial charge is 0.294 e. The van der Waals surface area contributed by atoms with Crippen molar-refractivity contribution < 1.29 is 13.6 Å². The molecule has 92 valence electrons. The standard InChI is InChI=1S/C13H8ClF2NO/c1-7(18)9-4-5-12(14)17-13(9)10-3-2-8(15)6-11(10)16/h2-6H,1H3. The Morgan fingerprint density at radius 1 is 1.22 bits per heavy atom. The van der Waals surface area contributed by atoms with Crippen molar-refractivity contribution in [3.05, 3.63) is 52.7 Å². The molecule has 0 aliphatic heterocycles. The summed E-state index contributed by atoms with van der Waals surface area (Å²) in [5.74, 6) is -1.74. The van der Waals surface area contributed by atoms with Crippen molar-refractivity contribution in [1.82, 2.24) is 4.98 Å². The maximum atomic E-state index is 13.7. The zero-order valence-electron chi connectivity index (χ0n) is 9.38. The van der Waals surface area contributed by atoms with Crippen LogP contribution in [-0.2, 0) is 0 Å². The predicted octanol–water partition coefficient (Wildman–Crippen LogP) is 3.88. The zero-order chi connectivity index (χ0) is 13.3. The van der Waals surface area contributed by atoms with E-state index in [0.29, 0.717) is 0 Å². The number of carbonyl (C=O) groups is 1. The fraction of sp³-hybridized carbons (Fsp3) is 0.0769. The van der Waals surface area contributed by atoms with E-state index in [1.54, 1.807) is 0 Å². The molecule has 0 fully saturated rings. The molecule has 0 unspecified atom stereocenters. The van der Waals surface area contributed by atoms with E-state index in [-0.39, 0.29) is 27.8 Å². The number of pyridine rings is 1. The highest BCUT2D eigenvalue weighted by molar-refractivity contribution is 6.29. The summed E-state index contributed by atoms with van der Waals surface area (Å²) in [6.07, 6.45) is 0. The van der Waals surface area contributed by atoms with E-state index >= 15 is 0 Å². The number of halogens is 3. The summed E-state index contributed by atoms with van der Waals surface area (Å²) >= 11 is 5.74. The zero-order valence-corrected chi connectivity index (χ0v) is 10.1. The number of ketones is 1. The van der Waals surface area contributed by atoms with Gasteiger partial charge in [0.2, 0.25) is 0 Å². The molecule has 1 heterocycles. The van der Waals surface area contributed by atoms with Crippen molar-refractivity contribution >= 4 is 17.4 Å². The van der Waals surface area contributed by atoms with E-state index in [1.807, 2.05) is 0 Å². The van der Waals surface area contributed by atoms with E-state index in [0.717, 1.165) is 12.1 Å². The summed E-state index contributed by atoms with van der Waals surface area (Å²) in [4.78, 5) is 15.4. The van der Waals surface area contributed by atoms with Gasteiger partial charge in [-0.25, -0.2) is 13.8 Å². The molecule has 1 aromatic carbocycles. The first-order valence-electron chi connectivity index (χ1n) is 5.12. The fourth-order valence-electron chi connectivity index (χ4n) is 1.61. The number of hydrogen-bond donors (Lipinski definition) is 0. The van der Waals surface area contributed by atoms with Crippen molar-refractivity contribution in [2.45, 2.75) is 6.92 Å². The molecule has 2 rings (SSSR count). The molecule has 0 aliphatic rings. The third kappa shape index (κ3) is 2.38. The van der Waals surface area contributed by atoms with Gasteiger partial charge in [-0.3, -0.25) is 4.79 Å². The summed E-state index contributed by atoms with van der Waals surface area (Å²) in [6.45, 7) is 1.34. The maximum absolute atomic E-state index is 13.7. The highest BCUT2D eigenvalue weighted by atomic mass is 35.5. The molecule has 0 radical (unpaired) electrons. The van der Waals surface area contributed by atoms with Crippen LogP contribution in [0.5, 0.6) is 0 Å². The second kappa shape index (κ2) is 4.82. The molecule has 0 aliphatic carbocycles. The second-order valence-corrected chi connectivity index (χ2v) is 4.10. The lowest BCUT2D eigenvalue weighted by Gasteiger charge is -2.07. The number of aromatic nitrogens is 1. The highest BCUT2D eigenvalue weighted by Gasteiger charge is 2.15. The van der Waals surface area contributed by atoms with Crippen LogP contribution in [0.2, 0.25) is 5.15 Å². The van der Waals surface area contributed by atoms with Gasteiger partial charge in [-0.05, 0) is 31.2 Å². The highest BCUT2D eigenvalue weighted by Crippen LogP contribution is 2.27. The van der Waals surface area contributed by atoms with Crippen molar-refractivity contribution in [2.24, 2.45) is 0 Å². The van der Waals surface area contributed by atoms with Crippen LogP contribution in [0.3, 0.4) is 0 Å². The van der Waals surface area contributed by atoms with Gasteiger partial charge in [-0.15, -0.1) is 0 Å². The Labute approximate surface area is 107 Å². The van der Waals surface area contributed by atoms with Gasteiger partial charge in [0.25, 0.3) is 0 Å². The van der Waals surface area contributed by atoms with E-state index in [2.05, 4.69) is 4.98 Å². The number of hydrogen-bond acceptors (Lipinski definition) is 2. The van der Waals surface area contributed by atoms with Crippen LogP contribution in [0.4, 0.5) is 8.78 Å². The normalized spacial score (nSPS) is 10.4. The summed E-state index contributed by atoms with van der Waals surface area (Å²) < 4.78 is 26.5. The molecule has 2 aromatic rings. The first-order chi connectivity index (χ1) is 8.49. The van der Waals surface area contributed by atoms with Crippen LogP contribution in [0, 0.1) is 11.6 Å². The Bertz CT molecular complexity index is 628. The Morgan fingerprint density at radius 2 is 1.94 bits per heavy atom. The minimum absolute atomic E-state index is 0.0455. The van der Waals surface area contributed by atoms with Gasteiger partial charge < -0.3 is 0 Å². The first-order valence-corrected chi connectivity index (χ1v) is 5.49. The second-order valence-electron chi connectivity index (χ2n) is 3.71. The van der Waals surface area contributed by atoms with Gasteiger partial charge in [0.05, 0.1) is 5.69 Å². The lowest BCUT2D eigenvalue weighted by Crippen LogP contribution is -2.00. The molecule has 0 saturated carbocycles. The molecule has 0 amide bonds. The number of benzene rings is 1. The van der Waals surface area contributed by atoms with Gasteiger partial charge >= 0.3 is 0 Å². The average Bonchev–Trinajstić information content (AvgIpc) is 2.28. The molecule has 5 heteroatoms. The third-order valence-electron chi connectivity index (χ3n) is 2.43. The minimum atomic E-state index is -0.785. The molecule has 1 aromatic heterocycles. The number of carbonyl (C=O) groups excluding carboxylic acids is 1. The molecule has 2 nitrogen and oxygen atoms in total. The van der Waals surface area contributed by atoms with Crippen LogP contribution >= 0.6 is 11.6 Å². The minimum Gasteiger partial charge on any atom is -0.294 e. The SMILES string of the molecule is CC(=O)c1ccc(Cl)nc1-c1ccc(F)cc1F. The Balaban J connectivity index is 2.69. The van der Waals surface area contributed by atoms with Gasteiger partial charge in [0, 0.05) is 17.2 Å². The monoisotopic (exact) mass is 267 g/mol. The summed E-state index contributed by atoms with van der Waals surface area (Å²) in [5.41, 5.74) is 0.404. The molecule has 0 N–H and O–H groups in total. The molecular weight excluding hydrogens is 260 g/mol. The van der Waals surface area contributed by atoms with Crippen LogP contribution in [-0.4, -0.2) is 10.8 Å². The quantitative estimate of drug-likeness (QED) is 0.610. The lowest BCUT2D eigenvalue weighted by atomic mass is 10.0. The van der Waals surface area contributed by atoms with Crippen LogP contribution in [0.1, 0.15) is 17.3 Å². The molecular formula is C13H8ClF2NO. The van der Waals surface area contributed by atoms with Crippen molar-refractivity contribution in [3.63, 3.8) is 0 Å². The van der Waals surface area contributed by atoms with Gasteiger partial charge in [0.1, 0.15) is 16.8 Å².